The van der Waals surface area contributed by atoms with Crippen LogP contribution < -0.4 is 0 Å². The topological polar surface area (TPSA) is 48.3 Å². The molecule has 0 saturated heterocycles. The number of nitrogens with zero attached hydrogens (tertiary/aromatic N) is 4. The number of benzene rings is 9. The molecule has 0 amide bonds. The van der Waals surface area contributed by atoms with Crippen molar-refractivity contribution in [2.45, 2.75) is 5.41 Å². The summed E-state index contributed by atoms with van der Waals surface area (Å²) in [7, 11) is 0. The molecular formula is C57H30N4O. The first-order valence-corrected chi connectivity index (χ1v) is 21.3. The molecule has 2 aliphatic rings. The van der Waals surface area contributed by atoms with Crippen LogP contribution in [0.4, 0.5) is 0 Å². The smallest absolute Gasteiger partial charge is 0.235 e. The Bertz CT molecular complexity index is 4250. The molecule has 5 heteroatoms. The number of fused-ring (bicyclic) bond motifs is 15. The summed E-state index contributed by atoms with van der Waals surface area (Å²) < 4.78 is 11.4. The number of furan rings is 1. The Balaban J connectivity index is 1.04. The molecule has 16 rings (SSSR count). The predicted molar refractivity (Wildman–Crippen MR) is 251 cm³/mol. The summed E-state index contributed by atoms with van der Waals surface area (Å²) >= 11 is 0. The molecule has 5 nitrogen and oxygen atoms in total. The lowest BCUT2D eigenvalue weighted by molar-refractivity contribution is 0.669. The minimum Gasteiger partial charge on any atom is -0.456 e. The van der Waals surface area contributed by atoms with Gasteiger partial charge in [0, 0.05) is 37.9 Å². The van der Waals surface area contributed by atoms with Gasteiger partial charge in [0.1, 0.15) is 11.2 Å². The monoisotopic (exact) mass is 786 g/mol. The molecule has 1 spiro atoms. The van der Waals surface area contributed by atoms with Gasteiger partial charge in [-0.05, 0) is 93.0 Å². The molecule has 0 saturated carbocycles. The molecule has 9 aromatic carbocycles. The summed E-state index contributed by atoms with van der Waals surface area (Å²) in [5.41, 5.74) is 20.2. The molecule has 0 N–H and O–H groups in total. The molecule has 0 bridgehead atoms. The average molecular weight is 787 g/mol. The van der Waals surface area contributed by atoms with Gasteiger partial charge in [-0.3, -0.25) is 4.57 Å². The Hall–Kier alpha value is -8.28. The van der Waals surface area contributed by atoms with Crippen molar-refractivity contribution < 1.29 is 4.42 Å². The van der Waals surface area contributed by atoms with Gasteiger partial charge in [-0.2, -0.15) is 0 Å². The van der Waals surface area contributed by atoms with Gasteiger partial charge in [-0.25, -0.2) is 9.97 Å². The van der Waals surface area contributed by atoms with E-state index in [-0.39, 0.29) is 0 Å². The Morgan fingerprint density at radius 2 is 0.984 bits per heavy atom. The highest BCUT2D eigenvalue weighted by Crippen LogP contribution is 2.64. The molecule has 5 heterocycles. The molecular weight excluding hydrogens is 757 g/mol. The van der Waals surface area contributed by atoms with Gasteiger partial charge >= 0.3 is 0 Å². The standard InChI is InChI=1S/C57H30N4O/c1-6-19-38-31(13-1)32-14-2-7-20-39(32)57(38)40-21-8-3-16-35(40)49-37(18-11-22-41(49)57)54-36-17-4-9-23-42(36)58-56(59-54)61-45-26-12-25-44-50(45)51-46(61)28-30-47-52(51)53-48(62-47)29-27-34-33-15-5-10-24-43(33)60(44)55(34)53/h1-30H. The zero-order chi connectivity index (χ0) is 40.0. The Labute approximate surface area is 353 Å². The lowest BCUT2D eigenvalue weighted by Crippen LogP contribution is -2.25. The lowest BCUT2D eigenvalue weighted by atomic mass is 9.70. The van der Waals surface area contributed by atoms with Crippen molar-refractivity contribution >= 4 is 82.0 Å². The highest BCUT2D eigenvalue weighted by atomic mass is 16.3. The van der Waals surface area contributed by atoms with Crippen molar-refractivity contribution in [2.24, 2.45) is 0 Å². The van der Waals surface area contributed by atoms with Gasteiger partial charge in [0.15, 0.2) is 0 Å². The van der Waals surface area contributed by atoms with Crippen molar-refractivity contribution in [3.63, 3.8) is 0 Å². The van der Waals surface area contributed by atoms with Crippen LogP contribution in [0.15, 0.2) is 186 Å². The summed E-state index contributed by atoms with van der Waals surface area (Å²) in [4.78, 5) is 11.2. The second-order valence-electron chi connectivity index (χ2n) is 17.1. The zero-order valence-corrected chi connectivity index (χ0v) is 33.0. The van der Waals surface area contributed by atoms with E-state index >= 15 is 0 Å². The minimum atomic E-state index is -0.455. The SMILES string of the molecule is c1ccc2c(c1)-c1ccccc1C21c2ccccc2-c2c(-c3nc(-n4c5ccc6oc7ccc8c9ccccc9n9c%10cccc4c%10c5c6c7c89)nc4ccccc34)cccc21. The van der Waals surface area contributed by atoms with E-state index in [1.165, 1.54) is 77.1 Å². The average Bonchev–Trinajstić information content (AvgIpc) is 4.10. The van der Waals surface area contributed by atoms with Crippen molar-refractivity contribution in [3.05, 3.63) is 204 Å². The van der Waals surface area contributed by atoms with Crippen LogP contribution in [0.1, 0.15) is 22.3 Å². The Kier molecular flexibility index (Phi) is 5.46. The summed E-state index contributed by atoms with van der Waals surface area (Å²) in [5, 5.41) is 8.11. The lowest BCUT2D eigenvalue weighted by Gasteiger charge is -2.30. The fourth-order valence-electron chi connectivity index (χ4n) is 12.3. The first-order valence-electron chi connectivity index (χ1n) is 21.3. The van der Waals surface area contributed by atoms with Crippen LogP contribution in [0.3, 0.4) is 0 Å². The fraction of sp³-hybridized carbons (Fsp3) is 0.0175. The maximum Gasteiger partial charge on any atom is 0.235 e. The number of hydrogen-bond donors (Lipinski definition) is 0. The molecule has 2 aliphatic carbocycles. The highest BCUT2D eigenvalue weighted by molar-refractivity contribution is 6.37. The molecule has 0 radical (unpaired) electrons. The molecule has 0 aliphatic heterocycles. The quantitative estimate of drug-likeness (QED) is 0.175. The van der Waals surface area contributed by atoms with Crippen molar-refractivity contribution in [1.29, 1.82) is 0 Å². The van der Waals surface area contributed by atoms with Crippen LogP contribution in [0.2, 0.25) is 0 Å². The van der Waals surface area contributed by atoms with Crippen LogP contribution in [-0.2, 0) is 5.41 Å². The van der Waals surface area contributed by atoms with E-state index in [4.69, 9.17) is 14.4 Å². The second kappa shape index (κ2) is 10.7. The van der Waals surface area contributed by atoms with E-state index in [0.29, 0.717) is 5.95 Å². The van der Waals surface area contributed by atoms with Crippen LogP contribution in [0.5, 0.6) is 0 Å². The fourth-order valence-corrected chi connectivity index (χ4v) is 12.3. The van der Waals surface area contributed by atoms with E-state index in [9.17, 15) is 0 Å². The second-order valence-corrected chi connectivity index (χ2v) is 17.1. The zero-order valence-electron chi connectivity index (χ0n) is 33.0. The van der Waals surface area contributed by atoms with E-state index in [1.54, 1.807) is 0 Å². The van der Waals surface area contributed by atoms with Crippen LogP contribution in [-0.4, -0.2) is 18.9 Å². The molecule has 0 fully saturated rings. The van der Waals surface area contributed by atoms with Gasteiger partial charge in [-0.15, -0.1) is 0 Å². The van der Waals surface area contributed by atoms with Gasteiger partial charge in [0.05, 0.1) is 49.6 Å². The van der Waals surface area contributed by atoms with Gasteiger partial charge in [-0.1, -0.05) is 133 Å². The maximum atomic E-state index is 6.69. The summed E-state index contributed by atoms with van der Waals surface area (Å²) in [6.07, 6.45) is 0. The molecule has 62 heavy (non-hydrogen) atoms. The third-order valence-electron chi connectivity index (χ3n) is 14.5. The largest absolute Gasteiger partial charge is 0.456 e. The van der Waals surface area contributed by atoms with E-state index in [0.717, 1.165) is 60.6 Å². The third kappa shape index (κ3) is 3.44. The van der Waals surface area contributed by atoms with Crippen molar-refractivity contribution in [2.75, 3.05) is 0 Å². The summed E-state index contributed by atoms with van der Waals surface area (Å²) in [6.45, 7) is 0. The summed E-state index contributed by atoms with van der Waals surface area (Å²) in [5.74, 6) is 0.640. The van der Waals surface area contributed by atoms with E-state index in [1.807, 2.05) is 0 Å². The van der Waals surface area contributed by atoms with E-state index in [2.05, 4.69) is 191 Å². The maximum absolute atomic E-state index is 6.69. The normalized spacial score (nSPS) is 13.9. The Morgan fingerprint density at radius 3 is 1.82 bits per heavy atom. The van der Waals surface area contributed by atoms with Crippen molar-refractivity contribution in [1.82, 2.24) is 18.9 Å². The minimum absolute atomic E-state index is 0.455. The van der Waals surface area contributed by atoms with E-state index < -0.39 is 5.41 Å². The predicted octanol–water partition coefficient (Wildman–Crippen LogP) is 14.1. The Morgan fingerprint density at radius 1 is 0.387 bits per heavy atom. The molecule has 284 valence electrons. The first-order chi connectivity index (χ1) is 30.8. The molecule has 0 atom stereocenters. The van der Waals surface area contributed by atoms with Gasteiger partial charge in [0.25, 0.3) is 0 Å². The first kappa shape index (κ1) is 31.6. The van der Waals surface area contributed by atoms with Crippen LogP contribution in [0, 0.1) is 0 Å². The molecule has 14 aromatic rings. The highest BCUT2D eigenvalue weighted by Gasteiger charge is 2.52. The number of aromatic nitrogens is 4. The van der Waals surface area contributed by atoms with Crippen LogP contribution in [0.25, 0.3) is 121 Å². The number of rotatable bonds is 2. The third-order valence-corrected chi connectivity index (χ3v) is 14.5. The molecule has 0 unspecified atom stereocenters. The van der Waals surface area contributed by atoms with Gasteiger partial charge < -0.3 is 8.82 Å². The van der Waals surface area contributed by atoms with Crippen molar-refractivity contribution in [3.8, 4) is 39.5 Å². The number of para-hydroxylation sites is 2. The number of hydrogen-bond acceptors (Lipinski definition) is 3. The molecule has 5 aromatic heterocycles. The van der Waals surface area contributed by atoms with Gasteiger partial charge in [0.2, 0.25) is 5.95 Å². The van der Waals surface area contributed by atoms with Crippen LogP contribution >= 0.6 is 0 Å². The summed E-state index contributed by atoms with van der Waals surface area (Å²) in [6, 6.07) is 66.5.